The van der Waals surface area contributed by atoms with Gasteiger partial charge in [-0.3, -0.25) is 0 Å². The van der Waals surface area contributed by atoms with Crippen molar-refractivity contribution in [3.8, 4) is 0 Å². The first kappa shape index (κ1) is 10.6. The summed E-state index contributed by atoms with van der Waals surface area (Å²) in [4.78, 5) is 7.96. The van der Waals surface area contributed by atoms with Crippen LogP contribution in [0.1, 0.15) is 12.8 Å². The molecule has 0 spiro atoms. The molecule has 1 aromatic rings. The van der Waals surface area contributed by atoms with Crippen LogP contribution in [0.3, 0.4) is 0 Å². The molecule has 1 saturated heterocycles. The van der Waals surface area contributed by atoms with E-state index in [1.807, 2.05) is 0 Å². The first-order valence-corrected chi connectivity index (χ1v) is 5.68. The smallest absolute Gasteiger partial charge is 0.146 e. The van der Waals surface area contributed by atoms with Gasteiger partial charge in [0.15, 0.2) is 0 Å². The minimum absolute atomic E-state index is 0.285. The monoisotopic (exact) mass is 272 g/mol. The van der Waals surface area contributed by atoms with E-state index in [1.165, 1.54) is 6.33 Å². The Kier molecular flexibility index (Phi) is 3.37. The van der Waals surface area contributed by atoms with E-state index in [0.717, 1.165) is 31.8 Å². The third-order valence-corrected chi connectivity index (χ3v) is 3.12. The average molecular weight is 273 g/mol. The molecule has 6 heteroatoms. The number of anilines is 2. The van der Waals surface area contributed by atoms with Crippen molar-refractivity contribution < 1.29 is 4.74 Å². The maximum Gasteiger partial charge on any atom is 0.146 e. The van der Waals surface area contributed by atoms with E-state index < -0.39 is 0 Å². The largest absolute Gasteiger partial charge is 0.383 e. The summed E-state index contributed by atoms with van der Waals surface area (Å²) >= 11 is 3.34. The van der Waals surface area contributed by atoms with Crippen LogP contribution >= 0.6 is 15.9 Å². The number of rotatable bonds is 3. The molecule has 0 bridgehead atoms. The van der Waals surface area contributed by atoms with Crippen LogP contribution in [0, 0.1) is 0 Å². The van der Waals surface area contributed by atoms with E-state index in [4.69, 9.17) is 10.5 Å². The first-order valence-electron chi connectivity index (χ1n) is 4.89. The highest BCUT2D eigenvalue weighted by molar-refractivity contribution is 9.10. The predicted molar refractivity (Wildman–Crippen MR) is 61.6 cm³/mol. The summed E-state index contributed by atoms with van der Waals surface area (Å²) in [5.74, 6) is 1.16. The fourth-order valence-corrected chi connectivity index (χ4v) is 1.87. The van der Waals surface area contributed by atoms with E-state index in [2.05, 4.69) is 31.2 Å². The maximum atomic E-state index is 5.64. The van der Waals surface area contributed by atoms with Gasteiger partial charge in [-0.15, -0.1) is 0 Å². The lowest BCUT2D eigenvalue weighted by atomic mass is 10.2. The van der Waals surface area contributed by atoms with Gasteiger partial charge in [-0.2, -0.15) is 0 Å². The molecule has 0 saturated carbocycles. The molecule has 0 aliphatic carbocycles. The zero-order chi connectivity index (χ0) is 10.7. The molecule has 2 rings (SSSR count). The van der Waals surface area contributed by atoms with Gasteiger partial charge in [0.05, 0.1) is 6.10 Å². The molecule has 5 nitrogen and oxygen atoms in total. The van der Waals surface area contributed by atoms with E-state index in [9.17, 15) is 0 Å². The molecule has 1 aliphatic rings. The van der Waals surface area contributed by atoms with Crippen molar-refractivity contribution in [1.82, 2.24) is 9.97 Å². The Morgan fingerprint density at radius 2 is 2.47 bits per heavy atom. The Balaban J connectivity index is 1.95. The highest BCUT2D eigenvalue weighted by Crippen LogP contribution is 2.24. The van der Waals surface area contributed by atoms with Crippen molar-refractivity contribution in [1.29, 1.82) is 0 Å². The normalized spacial score (nSPS) is 20.5. The first-order chi connectivity index (χ1) is 7.27. The number of nitrogen functional groups attached to an aromatic ring is 1. The van der Waals surface area contributed by atoms with Crippen molar-refractivity contribution >= 4 is 27.6 Å². The second kappa shape index (κ2) is 4.76. The lowest BCUT2D eigenvalue weighted by Crippen LogP contribution is -2.19. The molecule has 82 valence electrons. The lowest BCUT2D eigenvalue weighted by molar-refractivity contribution is 0.120. The number of hydrogen-bond acceptors (Lipinski definition) is 5. The summed E-state index contributed by atoms with van der Waals surface area (Å²) in [7, 11) is 0. The van der Waals surface area contributed by atoms with Gasteiger partial charge in [-0.25, -0.2) is 9.97 Å². The van der Waals surface area contributed by atoms with E-state index in [0.29, 0.717) is 10.3 Å². The van der Waals surface area contributed by atoms with Crippen LogP contribution in [0.2, 0.25) is 0 Å². The Bertz CT molecular complexity index is 341. The summed E-state index contributed by atoms with van der Waals surface area (Å²) in [6, 6.07) is 0. The van der Waals surface area contributed by atoms with Gasteiger partial charge in [-0.05, 0) is 28.8 Å². The Morgan fingerprint density at radius 3 is 3.20 bits per heavy atom. The number of aromatic nitrogens is 2. The lowest BCUT2D eigenvalue weighted by Gasteiger charge is -2.12. The molecule has 1 atom stereocenters. The minimum Gasteiger partial charge on any atom is -0.383 e. The molecule has 1 aromatic heterocycles. The van der Waals surface area contributed by atoms with E-state index in [1.54, 1.807) is 0 Å². The van der Waals surface area contributed by atoms with Gasteiger partial charge in [0, 0.05) is 13.2 Å². The molecule has 2 heterocycles. The molecular weight excluding hydrogens is 260 g/mol. The molecule has 1 aliphatic heterocycles. The molecule has 0 amide bonds. The van der Waals surface area contributed by atoms with Crippen LogP contribution in [0.5, 0.6) is 0 Å². The fourth-order valence-electron chi connectivity index (χ4n) is 1.52. The third kappa shape index (κ3) is 2.57. The maximum absolute atomic E-state index is 5.64. The zero-order valence-electron chi connectivity index (χ0n) is 8.24. The highest BCUT2D eigenvalue weighted by atomic mass is 79.9. The van der Waals surface area contributed by atoms with Crippen molar-refractivity contribution in [3.05, 3.63) is 10.8 Å². The summed E-state index contributed by atoms with van der Waals surface area (Å²) in [6.45, 7) is 1.62. The van der Waals surface area contributed by atoms with Crippen LogP contribution < -0.4 is 11.1 Å². The summed E-state index contributed by atoms with van der Waals surface area (Å²) in [5.41, 5.74) is 5.64. The van der Waals surface area contributed by atoms with Crippen LogP contribution in [0.15, 0.2) is 10.8 Å². The van der Waals surface area contributed by atoms with Gasteiger partial charge in [0.1, 0.15) is 22.4 Å². The second-order valence-electron chi connectivity index (χ2n) is 3.44. The molecular formula is C9H13BrN4O. The van der Waals surface area contributed by atoms with Crippen molar-refractivity contribution in [3.63, 3.8) is 0 Å². The summed E-state index contributed by atoms with van der Waals surface area (Å²) in [6.07, 6.45) is 3.97. The van der Waals surface area contributed by atoms with Crippen LogP contribution in [0.25, 0.3) is 0 Å². The standard InChI is InChI=1S/C9H13BrN4O/c10-7-8(11)13-5-14-9(7)12-4-6-2-1-3-15-6/h5-6H,1-4H2,(H3,11,12,13,14). The van der Waals surface area contributed by atoms with Crippen LogP contribution in [0.4, 0.5) is 11.6 Å². The molecule has 1 unspecified atom stereocenters. The van der Waals surface area contributed by atoms with Crippen LogP contribution in [-0.2, 0) is 4.74 Å². The molecule has 0 radical (unpaired) electrons. The predicted octanol–water partition coefficient (Wildman–Crippen LogP) is 1.41. The number of nitrogens with one attached hydrogen (secondary N) is 1. The van der Waals surface area contributed by atoms with Gasteiger partial charge in [0.2, 0.25) is 0 Å². The van der Waals surface area contributed by atoms with Gasteiger partial charge in [-0.1, -0.05) is 0 Å². The summed E-state index contributed by atoms with van der Waals surface area (Å²) < 4.78 is 6.20. The van der Waals surface area contributed by atoms with Gasteiger partial charge < -0.3 is 15.8 Å². The Morgan fingerprint density at radius 1 is 1.60 bits per heavy atom. The SMILES string of the molecule is Nc1ncnc(NCC2CCCO2)c1Br. The number of hydrogen-bond donors (Lipinski definition) is 2. The van der Waals surface area contributed by atoms with Crippen molar-refractivity contribution in [2.45, 2.75) is 18.9 Å². The Labute approximate surface area is 96.6 Å². The molecule has 1 fully saturated rings. The summed E-state index contributed by atoms with van der Waals surface area (Å²) in [5, 5.41) is 3.19. The molecule has 0 aromatic carbocycles. The fraction of sp³-hybridized carbons (Fsp3) is 0.556. The van der Waals surface area contributed by atoms with Crippen LogP contribution in [-0.4, -0.2) is 29.2 Å². The minimum atomic E-state index is 0.285. The molecule has 15 heavy (non-hydrogen) atoms. The Hall–Kier alpha value is -0.880. The van der Waals surface area contributed by atoms with Gasteiger partial charge in [0.25, 0.3) is 0 Å². The third-order valence-electron chi connectivity index (χ3n) is 2.34. The van der Waals surface area contributed by atoms with Crippen molar-refractivity contribution in [2.24, 2.45) is 0 Å². The number of nitrogens with two attached hydrogens (primary N) is 1. The quantitative estimate of drug-likeness (QED) is 0.871. The number of halogens is 1. The topological polar surface area (TPSA) is 73.1 Å². The zero-order valence-corrected chi connectivity index (χ0v) is 9.83. The second-order valence-corrected chi connectivity index (χ2v) is 4.23. The number of nitrogens with zero attached hydrogens (tertiary/aromatic N) is 2. The highest BCUT2D eigenvalue weighted by Gasteiger charge is 2.16. The van der Waals surface area contributed by atoms with Crippen molar-refractivity contribution in [2.75, 3.05) is 24.2 Å². The van der Waals surface area contributed by atoms with E-state index in [-0.39, 0.29) is 6.10 Å². The van der Waals surface area contributed by atoms with Gasteiger partial charge >= 0.3 is 0 Å². The molecule has 3 N–H and O–H groups in total. The number of ether oxygens (including phenoxy) is 1. The average Bonchev–Trinajstić information content (AvgIpc) is 2.73. The van der Waals surface area contributed by atoms with E-state index >= 15 is 0 Å².